The minimum absolute atomic E-state index is 0.221. The Balaban J connectivity index is 3.60. The van der Waals surface area contributed by atoms with E-state index in [0.29, 0.717) is 17.8 Å². The van der Waals surface area contributed by atoms with Crippen LogP contribution in [0.15, 0.2) is 12.1 Å². The Morgan fingerprint density at radius 3 is 1.32 bits per heavy atom. The molecule has 0 aliphatic heterocycles. The lowest BCUT2D eigenvalue weighted by atomic mass is 9.76. The Bertz CT molecular complexity index is 428. The average Bonchev–Trinajstić information content (AvgIpc) is 2.25. The zero-order valence-corrected chi connectivity index (χ0v) is 14.4. The van der Waals surface area contributed by atoms with Gasteiger partial charge in [0, 0.05) is 0 Å². The zero-order chi connectivity index (χ0) is 15.0. The Morgan fingerprint density at radius 1 is 0.632 bits per heavy atom. The summed E-state index contributed by atoms with van der Waals surface area (Å²) in [5, 5.41) is 0. The molecule has 1 rings (SSSR count). The third-order valence-corrected chi connectivity index (χ3v) is 3.93. The fraction of sp³-hybridized carbons (Fsp3) is 0.684. The molecule has 0 fully saturated rings. The predicted molar refractivity (Wildman–Crippen MR) is 87.4 cm³/mol. The van der Waals surface area contributed by atoms with Crippen LogP contribution in [0.2, 0.25) is 0 Å². The predicted octanol–water partition coefficient (Wildman–Crippen LogP) is 6.35. The van der Waals surface area contributed by atoms with Gasteiger partial charge < -0.3 is 0 Å². The lowest BCUT2D eigenvalue weighted by Gasteiger charge is -2.29. The smallest absolute Gasteiger partial charge is 0.0129 e. The van der Waals surface area contributed by atoms with Gasteiger partial charge in [0.05, 0.1) is 0 Å². The van der Waals surface area contributed by atoms with E-state index in [9.17, 15) is 0 Å². The van der Waals surface area contributed by atoms with E-state index >= 15 is 0 Å². The van der Waals surface area contributed by atoms with E-state index in [1.54, 1.807) is 0 Å². The zero-order valence-electron chi connectivity index (χ0n) is 14.4. The maximum atomic E-state index is 2.48. The monoisotopic (exact) mass is 260 g/mol. The molecule has 0 aliphatic rings. The van der Waals surface area contributed by atoms with Crippen molar-refractivity contribution in [1.82, 2.24) is 0 Å². The summed E-state index contributed by atoms with van der Waals surface area (Å²) < 4.78 is 0. The Kier molecular flexibility index (Phi) is 4.87. The van der Waals surface area contributed by atoms with Gasteiger partial charge in [0.1, 0.15) is 0 Å². The molecule has 0 saturated carbocycles. The van der Waals surface area contributed by atoms with E-state index in [1.165, 1.54) is 22.3 Å². The van der Waals surface area contributed by atoms with Crippen LogP contribution in [0.1, 0.15) is 102 Å². The van der Waals surface area contributed by atoms with Crippen molar-refractivity contribution in [2.75, 3.05) is 0 Å². The van der Waals surface area contributed by atoms with E-state index in [1.807, 2.05) is 0 Å². The van der Waals surface area contributed by atoms with E-state index in [2.05, 4.69) is 74.4 Å². The van der Waals surface area contributed by atoms with Crippen LogP contribution in [0.25, 0.3) is 0 Å². The lowest BCUT2D eigenvalue weighted by Crippen LogP contribution is -2.17. The second-order valence-corrected chi connectivity index (χ2v) is 7.78. The highest BCUT2D eigenvalue weighted by atomic mass is 14.3. The Hall–Kier alpha value is -0.780. The van der Waals surface area contributed by atoms with Gasteiger partial charge in [-0.1, -0.05) is 74.4 Å². The molecule has 0 radical (unpaired) electrons. The van der Waals surface area contributed by atoms with Crippen molar-refractivity contribution in [2.24, 2.45) is 0 Å². The first-order valence-corrected chi connectivity index (χ1v) is 7.73. The first kappa shape index (κ1) is 16.3. The van der Waals surface area contributed by atoms with Gasteiger partial charge in [0.15, 0.2) is 0 Å². The maximum absolute atomic E-state index is 2.48. The molecule has 1 aromatic rings. The number of benzene rings is 1. The molecule has 0 aliphatic carbocycles. The van der Waals surface area contributed by atoms with E-state index in [4.69, 9.17) is 0 Å². The second-order valence-electron chi connectivity index (χ2n) is 7.78. The topological polar surface area (TPSA) is 0 Å². The van der Waals surface area contributed by atoms with Crippen molar-refractivity contribution >= 4 is 0 Å². The van der Waals surface area contributed by atoms with Gasteiger partial charge in [0.2, 0.25) is 0 Å². The minimum Gasteiger partial charge on any atom is -0.0587 e. The molecule has 0 amide bonds. The van der Waals surface area contributed by atoms with Gasteiger partial charge in [-0.3, -0.25) is 0 Å². The van der Waals surface area contributed by atoms with Crippen LogP contribution in [0.5, 0.6) is 0 Å². The molecule has 0 unspecified atom stereocenters. The van der Waals surface area contributed by atoms with Gasteiger partial charge in [-0.05, 0) is 45.4 Å². The molecule has 0 heteroatoms. The van der Waals surface area contributed by atoms with Crippen molar-refractivity contribution in [3.63, 3.8) is 0 Å². The molecule has 0 N–H and O–H groups in total. The Morgan fingerprint density at radius 2 is 1.00 bits per heavy atom. The van der Waals surface area contributed by atoms with Crippen LogP contribution in [0.4, 0.5) is 0 Å². The summed E-state index contributed by atoms with van der Waals surface area (Å²) >= 11 is 0. The standard InChI is InChI=1S/C19H32/c1-12(2)15-10-17(14(5)6)18(19(7,8)9)11-16(15)13(3)4/h10-14H,1-9H3. The van der Waals surface area contributed by atoms with Gasteiger partial charge in [0.25, 0.3) is 0 Å². The molecule has 19 heavy (non-hydrogen) atoms. The molecule has 0 saturated heterocycles. The summed E-state index contributed by atoms with van der Waals surface area (Å²) in [5.41, 5.74) is 6.34. The number of rotatable bonds is 3. The molecule has 1 aromatic carbocycles. The van der Waals surface area contributed by atoms with Gasteiger partial charge in [-0.2, -0.15) is 0 Å². The largest absolute Gasteiger partial charge is 0.0587 e. The number of hydrogen-bond donors (Lipinski definition) is 0. The van der Waals surface area contributed by atoms with Crippen molar-refractivity contribution in [1.29, 1.82) is 0 Å². The average molecular weight is 260 g/mol. The molecule has 0 aromatic heterocycles. The SMILES string of the molecule is CC(C)c1cc(C(C)C)c(C(C)(C)C)cc1C(C)C. The van der Waals surface area contributed by atoms with Crippen molar-refractivity contribution in [3.8, 4) is 0 Å². The first-order valence-electron chi connectivity index (χ1n) is 7.73. The molecule has 0 nitrogen and oxygen atoms in total. The highest BCUT2D eigenvalue weighted by Gasteiger charge is 2.23. The van der Waals surface area contributed by atoms with Crippen LogP contribution in [-0.2, 0) is 5.41 Å². The van der Waals surface area contributed by atoms with Crippen LogP contribution in [-0.4, -0.2) is 0 Å². The van der Waals surface area contributed by atoms with Gasteiger partial charge >= 0.3 is 0 Å². The molecule has 0 spiro atoms. The van der Waals surface area contributed by atoms with Crippen LogP contribution >= 0.6 is 0 Å². The summed E-state index contributed by atoms with van der Waals surface area (Å²) in [6.45, 7) is 20.8. The molecule has 0 heterocycles. The maximum Gasteiger partial charge on any atom is -0.0129 e. The third-order valence-electron chi connectivity index (χ3n) is 3.93. The molecular formula is C19H32. The van der Waals surface area contributed by atoms with Crippen molar-refractivity contribution in [2.45, 2.75) is 85.5 Å². The van der Waals surface area contributed by atoms with Crippen LogP contribution in [0, 0.1) is 0 Å². The molecule has 0 atom stereocenters. The van der Waals surface area contributed by atoms with Crippen LogP contribution < -0.4 is 0 Å². The molecule has 0 bridgehead atoms. The molecular weight excluding hydrogens is 228 g/mol. The highest BCUT2D eigenvalue weighted by Crippen LogP contribution is 2.37. The number of hydrogen-bond acceptors (Lipinski definition) is 0. The lowest BCUT2D eigenvalue weighted by molar-refractivity contribution is 0.573. The summed E-state index contributed by atoms with van der Waals surface area (Å²) in [4.78, 5) is 0. The fourth-order valence-electron chi connectivity index (χ4n) is 2.78. The second kappa shape index (κ2) is 5.69. The third kappa shape index (κ3) is 3.61. The minimum atomic E-state index is 0.221. The van der Waals surface area contributed by atoms with Crippen LogP contribution in [0.3, 0.4) is 0 Å². The summed E-state index contributed by atoms with van der Waals surface area (Å²) in [5.74, 6) is 1.79. The van der Waals surface area contributed by atoms with E-state index in [0.717, 1.165) is 0 Å². The van der Waals surface area contributed by atoms with E-state index in [-0.39, 0.29) is 5.41 Å². The summed E-state index contributed by atoms with van der Waals surface area (Å²) in [6, 6.07) is 4.96. The summed E-state index contributed by atoms with van der Waals surface area (Å²) in [7, 11) is 0. The van der Waals surface area contributed by atoms with Crippen molar-refractivity contribution in [3.05, 3.63) is 34.4 Å². The molecule has 108 valence electrons. The van der Waals surface area contributed by atoms with Crippen molar-refractivity contribution < 1.29 is 0 Å². The van der Waals surface area contributed by atoms with E-state index < -0.39 is 0 Å². The Labute approximate surface area is 120 Å². The fourth-order valence-corrected chi connectivity index (χ4v) is 2.78. The normalized spacial score (nSPS) is 12.8. The van der Waals surface area contributed by atoms with Gasteiger partial charge in [-0.15, -0.1) is 0 Å². The quantitative estimate of drug-likeness (QED) is 0.593. The first-order chi connectivity index (χ1) is 8.55. The summed E-state index contributed by atoms with van der Waals surface area (Å²) in [6.07, 6.45) is 0. The van der Waals surface area contributed by atoms with Gasteiger partial charge in [-0.25, -0.2) is 0 Å². The highest BCUT2D eigenvalue weighted by molar-refractivity contribution is 5.45.